The van der Waals surface area contributed by atoms with Gasteiger partial charge in [0.25, 0.3) is 11.8 Å². The Morgan fingerprint density at radius 3 is 2.20 bits per heavy atom. The number of benzene rings is 4. The van der Waals surface area contributed by atoms with Crippen molar-refractivity contribution in [2.24, 2.45) is 0 Å². The molecule has 10 heteroatoms. The van der Waals surface area contributed by atoms with Crippen molar-refractivity contribution in [1.29, 1.82) is 0 Å². The molecule has 4 rings (SSSR count). The number of carboxylic acid groups (broad SMARTS) is 1. The smallest absolute Gasteiger partial charge is 0.337 e. The molecular formula is C41H40ClN3O6. The minimum atomic E-state index is -1.07. The Morgan fingerprint density at radius 1 is 0.824 bits per heavy atom. The first kappa shape index (κ1) is 39.3. The zero-order chi connectivity index (χ0) is 37.5. The predicted molar refractivity (Wildman–Crippen MR) is 204 cm³/mol. The van der Waals surface area contributed by atoms with Crippen LogP contribution in [-0.2, 0) is 9.59 Å². The predicted octanol–water partition coefficient (Wildman–Crippen LogP) is 8.11. The van der Waals surface area contributed by atoms with E-state index in [0.717, 1.165) is 22.3 Å². The molecule has 0 aliphatic carbocycles. The maximum Gasteiger partial charge on any atom is 0.337 e. The molecule has 0 aromatic heterocycles. The molecule has 4 aromatic rings. The summed E-state index contributed by atoms with van der Waals surface area (Å²) < 4.78 is 5.62. The summed E-state index contributed by atoms with van der Waals surface area (Å²) in [5.74, 6) is 4.24. The van der Waals surface area contributed by atoms with Gasteiger partial charge in [0.2, 0.25) is 5.91 Å². The van der Waals surface area contributed by atoms with Crippen molar-refractivity contribution in [2.75, 3.05) is 24.3 Å². The third-order valence-corrected chi connectivity index (χ3v) is 7.74. The lowest BCUT2D eigenvalue weighted by atomic mass is 10.0. The van der Waals surface area contributed by atoms with Gasteiger partial charge in [-0.25, -0.2) is 4.79 Å². The molecule has 262 valence electrons. The monoisotopic (exact) mass is 705 g/mol. The molecule has 51 heavy (non-hydrogen) atoms. The van der Waals surface area contributed by atoms with Gasteiger partial charge in [0, 0.05) is 23.7 Å². The van der Waals surface area contributed by atoms with Gasteiger partial charge in [-0.1, -0.05) is 60.0 Å². The number of halogens is 1. The maximum atomic E-state index is 12.3. The SMILES string of the molecule is C/C(=C\c1ccc(C)c(C)c1)C(=O)Nc1ccccc1C(=O)O.CC#CCOc1cc(/C=C/C(=O)Nc2ccc(Cl)cc2C(=O)NC)ccc1C. The number of aromatic carboxylic acids is 1. The second-order valence-corrected chi connectivity index (χ2v) is 11.7. The number of carbonyl (C=O) groups excluding carboxylic acids is 3. The van der Waals surface area contributed by atoms with E-state index in [1.165, 1.54) is 30.8 Å². The summed E-state index contributed by atoms with van der Waals surface area (Å²) in [6, 6.07) is 22.6. The minimum Gasteiger partial charge on any atom is -0.481 e. The van der Waals surface area contributed by atoms with Gasteiger partial charge in [-0.05, 0) is 111 Å². The number of hydrogen-bond acceptors (Lipinski definition) is 5. The topological polar surface area (TPSA) is 134 Å². The number of aryl methyl sites for hydroxylation is 3. The molecule has 0 aliphatic rings. The summed E-state index contributed by atoms with van der Waals surface area (Å²) in [4.78, 5) is 47.7. The van der Waals surface area contributed by atoms with Crippen LogP contribution in [0.15, 0.2) is 90.5 Å². The van der Waals surface area contributed by atoms with Crippen molar-refractivity contribution in [3.63, 3.8) is 0 Å². The van der Waals surface area contributed by atoms with Crippen LogP contribution >= 0.6 is 11.6 Å². The Hall–Kier alpha value is -6.11. The van der Waals surface area contributed by atoms with Crippen LogP contribution in [0.5, 0.6) is 5.75 Å². The average molecular weight is 706 g/mol. The molecule has 0 radical (unpaired) electrons. The van der Waals surface area contributed by atoms with Crippen LogP contribution in [0.3, 0.4) is 0 Å². The lowest BCUT2D eigenvalue weighted by molar-refractivity contribution is -0.113. The van der Waals surface area contributed by atoms with Crippen LogP contribution in [0.4, 0.5) is 11.4 Å². The van der Waals surface area contributed by atoms with Crippen molar-refractivity contribution < 1.29 is 29.0 Å². The van der Waals surface area contributed by atoms with Crippen molar-refractivity contribution in [3.8, 4) is 17.6 Å². The maximum absolute atomic E-state index is 12.3. The Bertz CT molecular complexity index is 2060. The second kappa shape index (κ2) is 19.2. The quantitative estimate of drug-likeness (QED) is 0.0973. The van der Waals surface area contributed by atoms with Gasteiger partial charge in [-0.15, -0.1) is 5.92 Å². The van der Waals surface area contributed by atoms with Gasteiger partial charge in [-0.3, -0.25) is 14.4 Å². The number of nitrogens with one attached hydrogen (secondary N) is 3. The Balaban J connectivity index is 0.000000281. The fourth-order valence-corrected chi connectivity index (χ4v) is 4.70. The van der Waals surface area contributed by atoms with E-state index < -0.39 is 5.97 Å². The number of para-hydroxylation sites is 1. The number of ether oxygens (including phenoxy) is 1. The minimum absolute atomic E-state index is 0.0693. The number of carbonyl (C=O) groups is 4. The average Bonchev–Trinajstić information content (AvgIpc) is 3.11. The van der Waals surface area contributed by atoms with E-state index in [4.69, 9.17) is 21.4 Å². The fourth-order valence-electron chi connectivity index (χ4n) is 4.53. The molecular weight excluding hydrogens is 666 g/mol. The van der Waals surface area contributed by atoms with E-state index in [1.54, 1.807) is 56.3 Å². The molecule has 0 spiro atoms. The summed E-state index contributed by atoms with van der Waals surface area (Å²) >= 11 is 5.94. The lowest BCUT2D eigenvalue weighted by Crippen LogP contribution is -2.20. The van der Waals surface area contributed by atoms with Gasteiger partial charge in [0.1, 0.15) is 12.4 Å². The van der Waals surface area contributed by atoms with E-state index in [9.17, 15) is 19.2 Å². The molecule has 0 heterocycles. The first-order chi connectivity index (χ1) is 24.3. The van der Waals surface area contributed by atoms with Crippen LogP contribution in [0.25, 0.3) is 12.2 Å². The van der Waals surface area contributed by atoms with Crippen LogP contribution < -0.4 is 20.7 Å². The summed E-state index contributed by atoms with van der Waals surface area (Å²) in [5, 5.41) is 17.4. The molecule has 0 fully saturated rings. The van der Waals surface area contributed by atoms with E-state index in [0.29, 0.717) is 34.2 Å². The van der Waals surface area contributed by atoms with E-state index >= 15 is 0 Å². The number of anilines is 2. The molecule has 0 saturated carbocycles. The zero-order valence-corrected chi connectivity index (χ0v) is 30.1. The Morgan fingerprint density at radius 2 is 1.51 bits per heavy atom. The molecule has 0 saturated heterocycles. The van der Waals surface area contributed by atoms with Crippen LogP contribution in [-0.4, -0.2) is 42.5 Å². The molecule has 0 aliphatic heterocycles. The standard InChI is InChI=1S/C22H21ClN2O3.C19H19NO3/c1-4-5-12-28-20-13-16(7-6-15(20)2)8-11-21(26)25-19-10-9-17(23)14-18(19)22(27)24-3;1-12-8-9-15(10-13(12)2)11-14(3)18(21)20-17-7-5-4-6-16(17)19(22)23/h6-11,13-14H,12H2,1-3H3,(H,24,27)(H,25,26);4-11H,1-3H3,(H,20,21)(H,22,23)/b11-8+;14-11+. The summed E-state index contributed by atoms with van der Waals surface area (Å²) in [7, 11) is 1.51. The van der Waals surface area contributed by atoms with Gasteiger partial charge in [-0.2, -0.15) is 0 Å². The Kier molecular flexibility index (Phi) is 14.8. The summed E-state index contributed by atoms with van der Waals surface area (Å²) in [5.41, 5.74) is 6.62. The van der Waals surface area contributed by atoms with Crippen molar-refractivity contribution in [2.45, 2.75) is 34.6 Å². The Labute approximate surface area is 303 Å². The largest absolute Gasteiger partial charge is 0.481 e. The van der Waals surface area contributed by atoms with Crippen LogP contribution in [0.2, 0.25) is 5.02 Å². The first-order valence-electron chi connectivity index (χ1n) is 15.9. The normalized spacial score (nSPS) is 10.6. The van der Waals surface area contributed by atoms with Gasteiger partial charge >= 0.3 is 5.97 Å². The van der Waals surface area contributed by atoms with Crippen molar-refractivity contribution in [3.05, 3.63) is 134 Å². The molecule has 4 N–H and O–H groups in total. The van der Waals surface area contributed by atoms with E-state index in [2.05, 4.69) is 27.8 Å². The zero-order valence-electron chi connectivity index (χ0n) is 29.3. The molecule has 0 unspecified atom stereocenters. The van der Waals surface area contributed by atoms with Crippen molar-refractivity contribution >= 4 is 58.8 Å². The third-order valence-electron chi connectivity index (χ3n) is 7.51. The highest BCUT2D eigenvalue weighted by Crippen LogP contribution is 2.23. The molecule has 3 amide bonds. The second-order valence-electron chi connectivity index (χ2n) is 11.3. The fraction of sp³-hybridized carbons (Fsp3) is 0.171. The number of rotatable bonds is 10. The summed E-state index contributed by atoms with van der Waals surface area (Å²) in [6.45, 7) is 9.76. The van der Waals surface area contributed by atoms with E-state index in [1.807, 2.05) is 57.2 Å². The van der Waals surface area contributed by atoms with Crippen LogP contribution in [0, 0.1) is 32.6 Å². The number of carboxylic acids is 1. The van der Waals surface area contributed by atoms with Gasteiger partial charge in [0.05, 0.1) is 22.5 Å². The third kappa shape index (κ3) is 12.1. The highest BCUT2D eigenvalue weighted by Gasteiger charge is 2.14. The molecule has 9 nitrogen and oxygen atoms in total. The number of hydrogen-bond donors (Lipinski definition) is 4. The molecule has 0 bridgehead atoms. The highest BCUT2D eigenvalue weighted by atomic mass is 35.5. The first-order valence-corrected chi connectivity index (χ1v) is 16.2. The lowest BCUT2D eigenvalue weighted by Gasteiger charge is -2.09. The van der Waals surface area contributed by atoms with Crippen LogP contribution in [0.1, 0.15) is 62.4 Å². The van der Waals surface area contributed by atoms with Crippen molar-refractivity contribution in [1.82, 2.24) is 5.32 Å². The highest BCUT2D eigenvalue weighted by molar-refractivity contribution is 6.31. The van der Waals surface area contributed by atoms with E-state index in [-0.39, 0.29) is 29.0 Å². The van der Waals surface area contributed by atoms with Gasteiger partial charge < -0.3 is 25.8 Å². The molecule has 0 atom stereocenters. The molecule has 4 aromatic carbocycles. The summed E-state index contributed by atoms with van der Waals surface area (Å²) in [6.07, 6.45) is 4.84. The van der Waals surface area contributed by atoms with Gasteiger partial charge in [0.15, 0.2) is 0 Å². The number of amides is 3.